The summed E-state index contributed by atoms with van der Waals surface area (Å²) in [4.78, 5) is 24.5. The van der Waals surface area contributed by atoms with E-state index in [2.05, 4.69) is 5.32 Å². The zero-order chi connectivity index (χ0) is 21.2. The van der Waals surface area contributed by atoms with Crippen molar-refractivity contribution in [2.75, 3.05) is 18.4 Å². The molecule has 2 aromatic carbocycles. The maximum atomic E-state index is 13.0. The maximum Gasteiger partial charge on any atom is 0.255 e. The van der Waals surface area contributed by atoms with Crippen molar-refractivity contribution in [3.8, 4) is 0 Å². The first-order chi connectivity index (χ1) is 13.7. The van der Waals surface area contributed by atoms with Gasteiger partial charge in [0, 0.05) is 24.2 Å². The van der Waals surface area contributed by atoms with Crippen molar-refractivity contribution < 1.29 is 22.7 Å². The van der Waals surface area contributed by atoms with Crippen LogP contribution in [0.5, 0.6) is 0 Å². The number of para-hydroxylation sites is 1. The number of nitrogens with one attached hydrogen (secondary N) is 1. The quantitative estimate of drug-likeness (QED) is 0.757. The van der Waals surface area contributed by atoms with Gasteiger partial charge in [-0.15, -0.1) is 0 Å². The summed E-state index contributed by atoms with van der Waals surface area (Å²) in [5.41, 5.74) is 0.966. The number of Topliss-reactive ketones (excluding diaryl/α,β-unsaturated/α-hetero) is 1. The van der Waals surface area contributed by atoms with Gasteiger partial charge in [-0.3, -0.25) is 9.59 Å². The first kappa shape index (κ1) is 21.2. The van der Waals surface area contributed by atoms with E-state index in [0.29, 0.717) is 11.3 Å². The number of carbonyl (C=O) groups is 2. The maximum absolute atomic E-state index is 13.0. The molecule has 1 aliphatic heterocycles. The fraction of sp³-hybridized carbons (Fsp3) is 0.333. The SMILES string of the molecule is CC(=O)c1ccccc1NC(=O)c1cccc(S(=O)(=O)N2CC(C)OC(C)C2)c1. The highest BCUT2D eigenvalue weighted by atomic mass is 32.2. The largest absolute Gasteiger partial charge is 0.373 e. The molecule has 1 saturated heterocycles. The van der Waals surface area contributed by atoms with Crippen LogP contribution < -0.4 is 5.32 Å². The van der Waals surface area contributed by atoms with Gasteiger partial charge in [-0.2, -0.15) is 4.31 Å². The Bertz CT molecular complexity index is 1020. The third kappa shape index (κ3) is 4.72. The number of rotatable bonds is 5. The number of hydrogen-bond acceptors (Lipinski definition) is 5. The Morgan fingerprint density at radius 2 is 1.69 bits per heavy atom. The third-order valence-corrected chi connectivity index (χ3v) is 6.50. The molecule has 8 heteroatoms. The van der Waals surface area contributed by atoms with Crippen LogP contribution in [0.3, 0.4) is 0 Å². The van der Waals surface area contributed by atoms with Gasteiger partial charge in [0.05, 0.1) is 22.8 Å². The summed E-state index contributed by atoms with van der Waals surface area (Å²) in [5, 5.41) is 2.69. The fourth-order valence-electron chi connectivity index (χ4n) is 3.37. The highest BCUT2D eigenvalue weighted by Gasteiger charge is 2.32. The predicted molar refractivity (Wildman–Crippen MR) is 110 cm³/mol. The van der Waals surface area contributed by atoms with E-state index < -0.39 is 15.9 Å². The summed E-state index contributed by atoms with van der Waals surface area (Å²) in [7, 11) is -3.76. The molecular weight excluding hydrogens is 392 g/mol. The molecule has 2 unspecified atom stereocenters. The molecule has 1 aliphatic rings. The summed E-state index contributed by atoms with van der Waals surface area (Å²) in [5.74, 6) is -0.660. The van der Waals surface area contributed by atoms with Crippen LogP contribution in [-0.4, -0.2) is 49.7 Å². The number of ether oxygens (including phenoxy) is 1. The fourth-order valence-corrected chi connectivity index (χ4v) is 5.00. The lowest BCUT2D eigenvalue weighted by molar-refractivity contribution is -0.0440. The van der Waals surface area contributed by atoms with Crippen LogP contribution in [0, 0.1) is 0 Å². The van der Waals surface area contributed by atoms with Crippen molar-refractivity contribution in [1.82, 2.24) is 4.31 Å². The monoisotopic (exact) mass is 416 g/mol. The Labute approximate surface area is 170 Å². The van der Waals surface area contributed by atoms with E-state index >= 15 is 0 Å². The third-order valence-electron chi connectivity index (χ3n) is 4.67. The number of hydrogen-bond donors (Lipinski definition) is 1. The van der Waals surface area contributed by atoms with Gasteiger partial charge in [0.2, 0.25) is 10.0 Å². The second kappa shape index (κ2) is 8.44. The summed E-state index contributed by atoms with van der Waals surface area (Å²) in [6, 6.07) is 12.6. The Kier molecular flexibility index (Phi) is 6.16. The summed E-state index contributed by atoms with van der Waals surface area (Å²) in [6.45, 7) is 5.59. The molecule has 1 N–H and O–H groups in total. The van der Waals surface area contributed by atoms with E-state index in [4.69, 9.17) is 4.74 Å². The van der Waals surface area contributed by atoms with Gasteiger partial charge >= 0.3 is 0 Å². The molecule has 29 heavy (non-hydrogen) atoms. The lowest BCUT2D eigenvalue weighted by atomic mass is 10.1. The molecule has 0 radical (unpaired) electrons. The minimum absolute atomic E-state index is 0.0475. The van der Waals surface area contributed by atoms with Crippen LogP contribution in [0.25, 0.3) is 0 Å². The van der Waals surface area contributed by atoms with Crippen molar-refractivity contribution in [1.29, 1.82) is 0 Å². The van der Waals surface area contributed by atoms with Crippen LogP contribution in [0.2, 0.25) is 0 Å². The van der Waals surface area contributed by atoms with E-state index in [1.165, 1.54) is 35.5 Å². The number of morpholine rings is 1. The molecule has 1 heterocycles. The van der Waals surface area contributed by atoms with Gasteiger partial charge in [-0.05, 0) is 51.1 Å². The smallest absolute Gasteiger partial charge is 0.255 e. The van der Waals surface area contributed by atoms with Gasteiger partial charge in [0.15, 0.2) is 5.78 Å². The zero-order valence-electron chi connectivity index (χ0n) is 16.6. The molecule has 0 bridgehead atoms. The van der Waals surface area contributed by atoms with E-state index in [0.717, 1.165) is 0 Å². The lowest BCUT2D eigenvalue weighted by Crippen LogP contribution is -2.48. The zero-order valence-corrected chi connectivity index (χ0v) is 17.4. The van der Waals surface area contributed by atoms with Crippen molar-refractivity contribution in [3.05, 3.63) is 59.7 Å². The van der Waals surface area contributed by atoms with Crippen molar-refractivity contribution in [2.24, 2.45) is 0 Å². The average Bonchev–Trinajstić information content (AvgIpc) is 2.67. The number of sulfonamides is 1. The molecule has 2 atom stereocenters. The second-order valence-electron chi connectivity index (χ2n) is 7.16. The molecule has 7 nitrogen and oxygen atoms in total. The van der Waals surface area contributed by atoms with Crippen molar-refractivity contribution >= 4 is 27.4 Å². The van der Waals surface area contributed by atoms with Gasteiger partial charge < -0.3 is 10.1 Å². The van der Waals surface area contributed by atoms with E-state index in [1.54, 1.807) is 24.3 Å². The Morgan fingerprint density at radius 3 is 2.34 bits per heavy atom. The molecule has 0 aromatic heterocycles. The summed E-state index contributed by atoms with van der Waals surface area (Å²) < 4.78 is 33.1. The summed E-state index contributed by atoms with van der Waals surface area (Å²) >= 11 is 0. The van der Waals surface area contributed by atoms with Gasteiger partial charge in [-0.25, -0.2) is 8.42 Å². The normalized spacial score (nSPS) is 20.2. The molecule has 2 aromatic rings. The first-order valence-corrected chi connectivity index (χ1v) is 10.8. The Hall–Kier alpha value is -2.55. The van der Waals surface area contributed by atoms with Crippen LogP contribution in [0.1, 0.15) is 41.5 Å². The van der Waals surface area contributed by atoms with E-state index in [9.17, 15) is 18.0 Å². The van der Waals surface area contributed by atoms with Gasteiger partial charge in [0.1, 0.15) is 0 Å². The highest BCUT2D eigenvalue weighted by Crippen LogP contribution is 2.23. The number of ketones is 1. The molecule has 3 rings (SSSR count). The predicted octanol–water partition coefficient (Wildman–Crippen LogP) is 2.94. The second-order valence-corrected chi connectivity index (χ2v) is 9.10. The van der Waals surface area contributed by atoms with E-state index in [1.807, 2.05) is 13.8 Å². The van der Waals surface area contributed by atoms with E-state index in [-0.39, 0.29) is 41.5 Å². The van der Waals surface area contributed by atoms with Gasteiger partial charge in [-0.1, -0.05) is 18.2 Å². The molecule has 1 fully saturated rings. The van der Waals surface area contributed by atoms with Crippen LogP contribution in [0.15, 0.2) is 53.4 Å². The Balaban J connectivity index is 1.86. The molecule has 154 valence electrons. The highest BCUT2D eigenvalue weighted by molar-refractivity contribution is 7.89. The number of anilines is 1. The number of nitrogens with zero attached hydrogens (tertiary/aromatic N) is 1. The number of benzene rings is 2. The standard InChI is InChI=1S/C21H24N2O5S/c1-14-12-23(13-15(2)28-14)29(26,27)18-8-6-7-17(11-18)21(25)22-20-10-5-4-9-19(20)16(3)24/h4-11,14-15H,12-13H2,1-3H3,(H,22,25). The molecule has 1 amide bonds. The Morgan fingerprint density at radius 1 is 1.03 bits per heavy atom. The number of carbonyl (C=O) groups excluding carboxylic acids is 2. The van der Waals surface area contributed by atoms with Crippen molar-refractivity contribution in [3.63, 3.8) is 0 Å². The lowest BCUT2D eigenvalue weighted by Gasteiger charge is -2.34. The topological polar surface area (TPSA) is 92.8 Å². The molecular formula is C21H24N2O5S. The molecule has 0 saturated carbocycles. The average molecular weight is 416 g/mol. The minimum atomic E-state index is -3.76. The van der Waals surface area contributed by atoms with Crippen LogP contribution >= 0.6 is 0 Å². The first-order valence-electron chi connectivity index (χ1n) is 9.35. The molecule has 0 spiro atoms. The minimum Gasteiger partial charge on any atom is -0.373 e. The molecule has 0 aliphatic carbocycles. The van der Waals surface area contributed by atoms with Crippen LogP contribution in [0.4, 0.5) is 5.69 Å². The number of amides is 1. The summed E-state index contributed by atoms with van der Waals surface area (Å²) in [6.07, 6.45) is -0.411. The van der Waals surface area contributed by atoms with Crippen LogP contribution in [-0.2, 0) is 14.8 Å². The van der Waals surface area contributed by atoms with Crippen molar-refractivity contribution in [2.45, 2.75) is 37.9 Å². The van der Waals surface area contributed by atoms with Gasteiger partial charge in [0.25, 0.3) is 5.91 Å².